The van der Waals surface area contributed by atoms with Crippen LogP contribution in [0.5, 0.6) is 0 Å². The van der Waals surface area contributed by atoms with Crippen molar-refractivity contribution in [1.29, 1.82) is 0 Å². The summed E-state index contributed by atoms with van der Waals surface area (Å²) >= 11 is 0. The molecule has 108 valence electrons. The van der Waals surface area contributed by atoms with E-state index < -0.39 is 5.97 Å². The van der Waals surface area contributed by atoms with Gasteiger partial charge in [0.1, 0.15) is 6.54 Å². The number of nitrogens with zero attached hydrogens (tertiary/aromatic N) is 1. The molecular weight excluding hydrogens is 248 g/mol. The van der Waals surface area contributed by atoms with Gasteiger partial charge >= 0.3 is 12.0 Å². The average molecular weight is 270 g/mol. The SMILES string of the molecule is COCCN(CC(=O)O)C(=O)NCC1CC=CCC1. The predicted molar refractivity (Wildman–Crippen MR) is 71.0 cm³/mol. The molecule has 0 spiro atoms. The Kier molecular flexibility index (Phi) is 6.95. The van der Waals surface area contributed by atoms with E-state index in [0.717, 1.165) is 19.3 Å². The molecule has 0 aromatic heterocycles. The van der Waals surface area contributed by atoms with E-state index in [4.69, 9.17) is 9.84 Å². The van der Waals surface area contributed by atoms with Crippen molar-refractivity contribution in [3.05, 3.63) is 12.2 Å². The summed E-state index contributed by atoms with van der Waals surface area (Å²) in [5.74, 6) is -0.574. The molecule has 0 fully saturated rings. The number of amides is 2. The lowest BCUT2D eigenvalue weighted by atomic mass is 9.94. The molecule has 0 saturated heterocycles. The average Bonchev–Trinajstić information content (AvgIpc) is 2.41. The van der Waals surface area contributed by atoms with Crippen molar-refractivity contribution in [2.24, 2.45) is 5.92 Å². The molecule has 0 bridgehead atoms. The summed E-state index contributed by atoms with van der Waals surface area (Å²) in [7, 11) is 1.52. The Balaban J connectivity index is 2.37. The Labute approximate surface area is 113 Å². The highest BCUT2D eigenvalue weighted by Crippen LogP contribution is 2.16. The third-order valence-corrected chi connectivity index (χ3v) is 3.10. The van der Waals surface area contributed by atoms with E-state index in [1.54, 1.807) is 0 Å². The molecule has 1 aliphatic rings. The molecular formula is C13H22N2O4. The van der Waals surface area contributed by atoms with Gasteiger partial charge in [-0.05, 0) is 25.2 Å². The molecule has 6 nitrogen and oxygen atoms in total. The van der Waals surface area contributed by atoms with Crippen molar-refractivity contribution in [1.82, 2.24) is 10.2 Å². The Hall–Kier alpha value is -1.56. The highest BCUT2D eigenvalue weighted by atomic mass is 16.5. The maximum atomic E-state index is 11.9. The number of allylic oxidation sites excluding steroid dienone is 2. The van der Waals surface area contributed by atoms with Crippen LogP contribution in [0.25, 0.3) is 0 Å². The second-order valence-electron chi connectivity index (χ2n) is 4.64. The van der Waals surface area contributed by atoms with Crippen LogP contribution in [0, 0.1) is 5.92 Å². The second-order valence-corrected chi connectivity index (χ2v) is 4.64. The van der Waals surface area contributed by atoms with E-state index >= 15 is 0 Å². The molecule has 19 heavy (non-hydrogen) atoms. The minimum absolute atomic E-state index is 0.277. The Bertz CT molecular complexity index is 331. The van der Waals surface area contributed by atoms with E-state index in [9.17, 15) is 9.59 Å². The topological polar surface area (TPSA) is 78.9 Å². The molecule has 1 aliphatic carbocycles. The van der Waals surface area contributed by atoms with Crippen LogP contribution in [0.4, 0.5) is 4.79 Å². The Morgan fingerprint density at radius 1 is 1.47 bits per heavy atom. The number of carbonyl (C=O) groups is 2. The first-order valence-electron chi connectivity index (χ1n) is 6.52. The molecule has 0 aliphatic heterocycles. The van der Waals surface area contributed by atoms with Gasteiger partial charge in [-0.15, -0.1) is 0 Å². The highest BCUT2D eigenvalue weighted by Gasteiger charge is 2.18. The number of hydrogen-bond acceptors (Lipinski definition) is 3. The lowest BCUT2D eigenvalue weighted by molar-refractivity contribution is -0.137. The molecule has 0 heterocycles. The van der Waals surface area contributed by atoms with E-state index in [2.05, 4.69) is 17.5 Å². The van der Waals surface area contributed by atoms with E-state index in [0.29, 0.717) is 19.1 Å². The van der Waals surface area contributed by atoms with Crippen LogP contribution in [0.15, 0.2) is 12.2 Å². The Morgan fingerprint density at radius 2 is 2.26 bits per heavy atom. The third kappa shape index (κ3) is 6.24. The zero-order valence-electron chi connectivity index (χ0n) is 11.3. The number of ether oxygens (including phenoxy) is 1. The minimum Gasteiger partial charge on any atom is -0.480 e. The number of rotatable bonds is 7. The molecule has 2 N–H and O–H groups in total. The first-order valence-corrected chi connectivity index (χ1v) is 6.52. The van der Waals surface area contributed by atoms with Crippen molar-refractivity contribution in [3.8, 4) is 0 Å². The van der Waals surface area contributed by atoms with Crippen LogP contribution < -0.4 is 5.32 Å². The van der Waals surface area contributed by atoms with Crippen molar-refractivity contribution in [3.63, 3.8) is 0 Å². The van der Waals surface area contributed by atoms with Gasteiger partial charge in [-0.1, -0.05) is 12.2 Å². The maximum absolute atomic E-state index is 11.9. The Morgan fingerprint density at radius 3 is 2.84 bits per heavy atom. The minimum atomic E-state index is -1.02. The summed E-state index contributed by atoms with van der Waals surface area (Å²) in [5.41, 5.74) is 0. The standard InChI is InChI=1S/C13H22N2O4/c1-19-8-7-15(10-12(16)17)13(18)14-9-11-5-3-2-4-6-11/h2-3,11H,4-10H2,1H3,(H,14,18)(H,16,17). The maximum Gasteiger partial charge on any atom is 0.323 e. The largest absolute Gasteiger partial charge is 0.480 e. The van der Waals surface area contributed by atoms with Crippen molar-refractivity contribution in [2.75, 3.05) is 33.4 Å². The van der Waals surface area contributed by atoms with Gasteiger partial charge in [-0.25, -0.2) is 4.79 Å². The molecule has 0 radical (unpaired) electrons. The van der Waals surface area contributed by atoms with Crippen LogP contribution in [0.2, 0.25) is 0 Å². The van der Waals surface area contributed by atoms with E-state index in [1.165, 1.54) is 12.0 Å². The van der Waals surface area contributed by atoms with Gasteiger partial charge in [0.05, 0.1) is 6.61 Å². The molecule has 0 aromatic rings. The summed E-state index contributed by atoms with van der Waals surface area (Å²) in [6.07, 6.45) is 7.35. The van der Waals surface area contributed by atoms with Crippen LogP contribution in [-0.4, -0.2) is 55.4 Å². The van der Waals surface area contributed by atoms with Crippen LogP contribution in [-0.2, 0) is 9.53 Å². The summed E-state index contributed by atoms with van der Waals surface area (Å²) < 4.78 is 4.87. The number of methoxy groups -OCH3 is 1. The van der Waals surface area contributed by atoms with Crippen molar-refractivity contribution in [2.45, 2.75) is 19.3 Å². The first-order chi connectivity index (χ1) is 9.13. The van der Waals surface area contributed by atoms with Gasteiger partial charge in [0, 0.05) is 20.2 Å². The molecule has 6 heteroatoms. The second kappa shape index (κ2) is 8.53. The van der Waals surface area contributed by atoms with E-state index in [1.807, 2.05) is 0 Å². The van der Waals surface area contributed by atoms with Crippen LogP contribution in [0.3, 0.4) is 0 Å². The number of carbonyl (C=O) groups excluding carboxylic acids is 1. The van der Waals surface area contributed by atoms with Crippen molar-refractivity contribution < 1.29 is 19.4 Å². The normalized spacial score (nSPS) is 18.1. The molecule has 0 saturated carbocycles. The highest BCUT2D eigenvalue weighted by molar-refractivity contribution is 5.80. The number of aliphatic carboxylic acids is 1. The zero-order chi connectivity index (χ0) is 14.1. The summed E-state index contributed by atoms with van der Waals surface area (Å²) in [6.45, 7) is 0.887. The zero-order valence-corrected chi connectivity index (χ0v) is 11.3. The van der Waals surface area contributed by atoms with Crippen LogP contribution in [0.1, 0.15) is 19.3 Å². The molecule has 1 unspecified atom stereocenters. The first kappa shape index (κ1) is 15.5. The van der Waals surface area contributed by atoms with Crippen LogP contribution >= 0.6 is 0 Å². The van der Waals surface area contributed by atoms with Gasteiger partial charge < -0.3 is 20.1 Å². The van der Waals surface area contributed by atoms with Gasteiger partial charge in [-0.3, -0.25) is 4.79 Å². The molecule has 1 rings (SSSR count). The van der Waals surface area contributed by atoms with E-state index in [-0.39, 0.29) is 19.1 Å². The molecule has 1 atom stereocenters. The fourth-order valence-electron chi connectivity index (χ4n) is 2.00. The third-order valence-electron chi connectivity index (χ3n) is 3.10. The quantitative estimate of drug-likeness (QED) is 0.679. The predicted octanol–water partition coefficient (Wildman–Crippen LogP) is 1.09. The van der Waals surface area contributed by atoms with Gasteiger partial charge in [0.25, 0.3) is 0 Å². The lowest BCUT2D eigenvalue weighted by Crippen LogP contribution is -2.45. The summed E-state index contributed by atoms with van der Waals surface area (Å²) in [5, 5.41) is 11.6. The van der Waals surface area contributed by atoms with Gasteiger partial charge in [0.2, 0.25) is 0 Å². The smallest absolute Gasteiger partial charge is 0.323 e. The van der Waals surface area contributed by atoms with Gasteiger partial charge in [-0.2, -0.15) is 0 Å². The summed E-state index contributed by atoms with van der Waals surface area (Å²) in [4.78, 5) is 23.9. The summed E-state index contributed by atoms with van der Waals surface area (Å²) in [6, 6.07) is -0.339. The fraction of sp³-hybridized carbons (Fsp3) is 0.692. The number of carboxylic acid groups (broad SMARTS) is 1. The number of nitrogens with one attached hydrogen (secondary N) is 1. The number of carboxylic acids is 1. The lowest BCUT2D eigenvalue weighted by Gasteiger charge is -2.23. The number of urea groups is 1. The van der Waals surface area contributed by atoms with Crippen molar-refractivity contribution >= 4 is 12.0 Å². The monoisotopic (exact) mass is 270 g/mol. The molecule has 0 aromatic carbocycles. The van der Waals surface area contributed by atoms with Gasteiger partial charge in [0.15, 0.2) is 0 Å². The fourth-order valence-corrected chi connectivity index (χ4v) is 2.00. The number of hydrogen-bond donors (Lipinski definition) is 2. The molecule has 2 amide bonds.